The molecule has 1 aromatic carbocycles. The van der Waals surface area contributed by atoms with Crippen LogP contribution in [0.1, 0.15) is 5.69 Å². The lowest BCUT2D eigenvalue weighted by atomic mass is 10.2. The molecule has 0 saturated heterocycles. The number of anilines is 1. The van der Waals surface area contributed by atoms with Crippen LogP contribution in [0.25, 0.3) is 0 Å². The normalized spacial score (nSPS) is 10.5. The SMILES string of the molecule is Cn1nccc1CCNc1ccc(F)cc1I. The summed E-state index contributed by atoms with van der Waals surface area (Å²) in [7, 11) is 1.93. The number of benzene rings is 1. The third kappa shape index (κ3) is 3.18. The highest BCUT2D eigenvalue weighted by atomic mass is 127. The largest absolute Gasteiger partial charge is 0.384 e. The Kier molecular flexibility index (Phi) is 3.98. The molecule has 0 spiro atoms. The number of aryl methyl sites for hydroxylation is 1. The van der Waals surface area contributed by atoms with E-state index in [1.54, 1.807) is 12.3 Å². The molecule has 0 radical (unpaired) electrons. The van der Waals surface area contributed by atoms with Crippen LogP contribution in [0.4, 0.5) is 10.1 Å². The fourth-order valence-electron chi connectivity index (χ4n) is 1.60. The van der Waals surface area contributed by atoms with Crippen LogP contribution in [-0.2, 0) is 13.5 Å². The van der Waals surface area contributed by atoms with Gasteiger partial charge in [0.1, 0.15) is 5.82 Å². The second-order valence-corrected chi connectivity index (χ2v) is 4.91. The van der Waals surface area contributed by atoms with E-state index in [1.807, 2.05) is 17.8 Å². The van der Waals surface area contributed by atoms with Gasteiger partial charge in [0.25, 0.3) is 0 Å². The summed E-state index contributed by atoms with van der Waals surface area (Å²) in [6.45, 7) is 0.807. The Morgan fingerprint density at radius 1 is 1.41 bits per heavy atom. The minimum Gasteiger partial charge on any atom is -0.384 e. The maximum Gasteiger partial charge on any atom is 0.124 e. The molecular weight excluding hydrogens is 332 g/mol. The van der Waals surface area contributed by atoms with Crippen molar-refractivity contribution in [2.75, 3.05) is 11.9 Å². The minimum atomic E-state index is -0.202. The molecular formula is C12H13FIN3. The molecule has 5 heteroatoms. The van der Waals surface area contributed by atoms with Gasteiger partial charge in [0, 0.05) is 41.2 Å². The summed E-state index contributed by atoms with van der Waals surface area (Å²) in [5.41, 5.74) is 2.14. The molecule has 17 heavy (non-hydrogen) atoms. The molecule has 90 valence electrons. The zero-order valence-electron chi connectivity index (χ0n) is 9.45. The number of aromatic nitrogens is 2. The average molecular weight is 345 g/mol. The van der Waals surface area contributed by atoms with Crippen molar-refractivity contribution in [2.24, 2.45) is 7.05 Å². The van der Waals surface area contributed by atoms with Gasteiger partial charge in [0.05, 0.1) is 0 Å². The van der Waals surface area contributed by atoms with Crippen LogP contribution in [-0.4, -0.2) is 16.3 Å². The number of hydrogen-bond donors (Lipinski definition) is 1. The molecule has 1 N–H and O–H groups in total. The van der Waals surface area contributed by atoms with Gasteiger partial charge in [-0.2, -0.15) is 5.10 Å². The summed E-state index contributed by atoms with van der Waals surface area (Å²) in [4.78, 5) is 0. The Labute approximate surface area is 113 Å². The maximum atomic E-state index is 12.9. The van der Waals surface area contributed by atoms with E-state index >= 15 is 0 Å². The standard InChI is InChI=1S/C12H13FIN3/c1-17-10(5-7-16-17)4-6-15-12-3-2-9(13)8-11(12)14/h2-3,5,7-8,15H,4,6H2,1H3. The first-order chi connectivity index (χ1) is 8.16. The van der Waals surface area contributed by atoms with Crippen LogP contribution in [0, 0.1) is 9.39 Å². The zero-order valence-corrected chi connectivity index (χ0v) is 11.6. The highest BCUT2D eigenvalue weighted by Crippen LogP contribution is 2.18. The highest BCUT2D eigenvalue weighted by Gasteiger charge is 2.02. The van der Waals surface area contributed by atoms with Gasteiger partial charge >= 0.3 is 0 Å². The summed E-state index contributed by atoms with van der Waals surface area (Å²) >= 11 is 2.13. The lowest BCUT2D eigenvalue weighted by Gasteiger charge is -2.08. The van der Waals surface area contributed by atoms with Gasteiger partial charge in [-0.25, -0.2) is 4.39 Å². The van der Waals surface area contributed by atoms with Crippen LogP contribution >= 0.6 is 22.6 Å². The molecule has 0 aliphatic carbocycles. The summed E-state index contributed by atoms with van der Waals surface area (Å²) < 4.78 is 15.7. The van der Waals surface area contributed by atoms with Crippen molar-refractivity contribution in [1.82, 2.24) is 9.78 Å². The van der Waals surface area contributed by atoms with Crippen molar-refractivity contribution in [2.45, 2.75) is 6.42 Å². The van der Waals surface area contributed by atoms with E-state index in [0.29, 0.717) is 0 Å². The molecule has 2 rings (SSSR count). The summed E-state index contributed by atoms with van der Waals surface area (Å²) in [5.74, 6) is -0.202. The highest BCUT2D eigenvalue weighted by molar-refractivity contribution is 14.1. The molecule has 1 heterocycles. The Bertz CT molecular complexity index is 510. The first-order valence-corrected chi connectivity index (χ1v) is 6.40. The van der Waals surface area contributed by atoms with Gasteiger partial charge in [0.15, 0.2) is 0 Å². The number of nitrogens with zero attached hydrogens (tertiary/aromatic N) is 2. The van der Waals surface area contributed by atoms with E-state index < -0.39 is 0 Å². The van der Waals surface area contributed by atoms with Gasteiger partial charge in [0.2, 0.25) is 0 Å². The van der Waals surface area contributed by atoms with Crippen molar-refractivity contribution in [3.8, 4) is 0 Å². The van der Waals surface area contributed by atoms with Crippen molar-refractivity contribution >= 4 is 28.3 Å². The quantitative estimate of drug-likeness (QED) is 0.864. The molecule has 3 nitrogen and oxygen atoms in total. The monoisotopic (exact) mass is 345 g/mol. The fourth-order valence-corrected chi connectivity index (χ4v) is 2.27. The molecule has 0 amide bonds. The van der Waals surface area contributed by atoms with E-state index in [-0.39, 0.29) is 5.82 Å². The second-order valence-electron chi connectivity index (χ2n) is 3.75. The molecule has 0 bridgehead atoms. The topological polar surface area (TPSA) is 29.9 Å². The smallest absolute Gasteiger partial charge is 0.124 e. The average Bonchev–Trinajstić information content (AvgIpc) is 2.68. The van der Waals surface area contributed by atoms with Gasteiger partial charge in [-0.1, -0.05) is 0 Å². The molecule has 0 aliphatic heterocycles. The first kappa shape index (κ1) is 12.3. The van der Waals surface area contributed by atoms with Gasteiger partial charge < -0.3 is 5.32 Å². The number of hydrogen-bond acceptors (Lipinski definition) is 2. The number of nitrogens with one attached hydrogen (secondary N) is 1. The fraction of sp³-hybridized carbons (Fsp3) is 0.250. The van der Waals surface area contributed by atoms with Crippen LogP contribution in [0.3, 0.4) is 0 Å². The second kappa shape index (κ2) is 5.48. The van der Waals surface area contributed by atoms with Gasteiger partial charge in [-0.3, -0.25) is 4.68 Å². The summed E-state index contributed by atoms with van der Waals surface area (Å²) in [6, 6.07) is 6.75. The van der Waals surface area contributed by atoms with Crippen molar-refractivity contribution < 1.29 is 4.39 Å². The van der Waals surface area contributed by atoms with Crippen LogP contribution in [0.2, 0.25) is 0 Å². The summed E-state index contributed by atoms with van der Waals surface area (Å²) in [5, 5.41) is 7.40. The van der Waals surface area contributed by atoms with Crippen molar-refractivity contribution in [3.63, 3.8) is 0 Å². The first-order valence-electron chi connectivity index (χ1n) is 5.32. The lowest BCUT2D eigenvalue weighted by molar-refractivity contribution is 0.627. The number of rotatable bonds is 4. The van der Waals surface area contributed by atoms with E-state index in [1.165, 1.54) is 17.8 Å². The van der Waals surface area contributed by atoms with E-state index in [9.17, 15) is 4.39 Å². The van der Waals surface area contributed by atoms with Crippen LogP contribution < -0.4 is 5.32 Å². The lowest BCUT2D eigenvalue weighted by Crippen LogP contribution is -2.09. The third-order valence-electron chi connectivity index (χ3n) is 2.55. The van der Waals surface area contributed by atoms with E-state index in [4.69, 9.17) is 0 Å². The predicted molar refractivity (Wildman–Crippen MR) is 74.5 cm³/mol. The van der Waals surface area contributed by atoms with E-state index in [2.05, 4.69) is 33.0 Å². The molecule has 0 unspecified atom stereocenters. The van der Waals surface area contributed by atoms with Crippen LogP contribution in [0.15, 0.2) is 30.5 Å². The molecule has 0 saturated carbocycles. The van der Waals surface area contributed by atoms with E-state index in [0.717, 1.165) is 22.2 Å². The summed E-state index contributed by atoms with van der Waals surface area (Å²) in [6.07, 6.45) is 2.68. The third-order valence-corrected chi connectivity index (χ3v) is 3.44. The van der Waals surface area contributed by atoms with Crippen molar-refractivity contribution in [1.29, 1.82) is 0 Å². The Hall–Kier alpha value is -1.11. The molecule has 1 aromatic heterocycles. The molecule has 2 aromatic rings. The Balaban J connectivity index is 1.92. The Morgan fingerprint density at radius 2 is 2.24 bits per heavy atom. The molecule has 0 atom stereocenters. The predicted octanol–water partition coefficient (Wildman–Crippen LogP) is 2.82. The number of halogens is 2. The van der Waals surface area contributed by atoms with Gasteiger partial charge in [-0.15, -0.1) is 0 Å². The van der Waals surface area contributed by atoms with Crippen molar-refractivity contribution in [3.05, 3.63) is 45.5 Å². The molecule has 0 aliphatic rings. The van der Waals surface area contributed by atoms with Crippen LogP contribution in [0.5, 0.6) is 0 Å². The Morgan fingerprint density at radius 3 is 2.88 bits per heavy atom. The van der Waals surface area contributed by atoms with Gasteiger partial charge in [-0.05, 0) is 46.9 Å². The zero-order chi connectivity index (χ0) is 12.3. The maximum absolute atomic E-state index is 12.9. The molecule has 0 fully saturated rings. The minimum absolute atomic E-state index is 0.202.